The van der Waals surface area contributed by atoms with Crippen molar-refractivity contribution in [2.45, 2.75) is 26.7 Å². The molecule has 0 aliphatic carbocycles. The molecule has 0 spiro atoms. The number of quaternary nitrogens is 1. The van der Waals surface area contributed by atoms with E-state index in [4.69, 9.17) is 0 Å². The summed E-state index contributed by atoms with van der Waals surface area (Å²) in [4.78, 5) is 28.4. The molecule has 2 heterocycles. The Labute approximate surface area is 142 Å². The zero-order valence-electron chi connectivity index (χ0n) is 14.4. The molecule has 1 saturated heterocycles. The average molecular weight is 329 g/mol. The van der Waals surface area contributed by atoms with E-state index in [2.05, 4.69) is 12.0 Å². The lowest BCUT2D eigenvalue weighted by atomic mass is 10.1. The number of benzene rings is 1. The number of anilines is 1. The number of hydrogen-bond donors (Lipinski definition) is 1. The minimum atomic E-state index is -0.0545. The van der Waals surface area contributed by atoms with Crippen molar-refractivity contribution in [2.75, 3.05) is 37.7 Å². The zero-order valence-corrected chi connectivity index (χ0v) is 14.4. The summed E-state index contributed by atoms with van der Waals surface area (Å²) in [6, 6.07) is 7.63. The Balaban J connectivity index is 1.78. The summed E-state index contributed by atoms with van der Waals surface area (Å²) in [7, 11) is 0. The van der Waals surface area contributed by atoms with Gasteiger partial charge in [0, 0.05) is 12.8 Å². The molecular weight excluding hydrogens is 304 g/mol. The molecule has 2 aliphatic heterocycles. The fraction of sp³-hybridized carbons (Fsp3) is 0.500. The molecule has 24 heavy (non-hydrogen) atoms. The van der Waals surface area contributed by atoms with Crippen molar-refractivity contribution in [3.05, 3.63) is 29.8 Å². The molecule has 2 aliphatic rings. The van der Waals surface area contributed by atoms with Gasteiger partial charge in [-0.3, -0.25) is 9.59 Å². The predicted molar refractivity (Wildman–Crippen MR) is 93.2 cm³/mol. The molecule has 0 bridgehead atoms. The summed E-state index contributed by atoms with van der Waals surface area (Å²) in [6.45, 7) is 8.70. The van der Waals surface area contributed by atoms with E-state index in [9.17, 15) is 9.59 Å². The molecule has 0 radical (unpaired) electrons. The van der Waals surface area contributed by atoms with Gasteiger partial charge in [0.05, 0.1) is 38.4 Å². The van der Waals surface area contributed by atoms with Crippen LogP contribution in [0.25, 0.3) is 0 Å². The van der Waals surface area contributed by atoms with Gasteiger partial charge in [0.1, 0.15) is 5.71 Å². The molecule has 0 unspecified atom stereocenters. The lowest BCUT2D eigenvalue weighted by Crippen LogP contribution is -3.14. The first kappa shape index (κ1) is 16.6. The molecule has 0 atom stereocenters. The van der Waals surface area contributed by atoms with Gasteiger partial charge in [-0.05, 0) is 25.5 Å². The van der Waals surface area contributed by atoms with Crippen molar-refractivity contribution in [3.63, 3.8) is 0 Å². The molecule has 128 valence electrons. The van der Waals surface area contributed by atoms with Gasteiger partial charge >= 0.3 is 0 Å². The number of rotatable bonds is 3. The standard InChI is InChI=1S/C18H24N4O2/c1-3-20-10-12-21(13-11-20)18(24)15-8-9-17(23)22(19-15)16-7-5-4-6-14(16)2/h4-7H,3,8-13H2,1-2H3/p+1. The number of nitrogens with one attached hydrogen (secondary N) is 1. The number of amides is 2. The number of hydrogen-bond acceptors (Lipinski definition) is 3. The summed E-state index contributed by atoms with van der Waals surface area (Å²) in [6.07, 6.45) is 0.764. The topological polar surface area (TPSA) is 57.4 Å². The second-order valence-corrected chi connectivity index (χ2v) is 6.43. The monoisotopic (exact) mass is 329 g/mol. The Kier molecular flexibility index (Phi) is 4.94. The first-order valence-corrected chi connectivity index (χ1v) is 8.69. The highest BCUT2D eigenvalue weighted by Crippen LogP contribution is 2.24. The van der Waals surface area contributed by atoms with Crippen molar-refractivity contribution >= 4 is 23.2 Å². The predicted octanol–water partition coefficient (Wildman–Crippen LogP) is 0.225. The minimum Gasteiger partial charge on any atom is -0.332 e. The van der Waals surface area contributed by atoms with Gasteiger partial charge in [-0.2, -0.15) is 5.10 Å². The summed E-state index contributed by atoms with van der Waals surface area (Å²) < 4.78 is 0. The van der Waals surface area contributed by atoms with E-state index in [1.165, 1.54) is 9.91 Å². The number of aryl methyl sites for hydroxylation is 1. The fourth-order valence-electron chi connectivity index (χ4n) is 3.26. The molecule has 6 heteroatoms. The van der Waals surface area contributed by atoms with Crippen molar-refractivity contribution in [2.24, 2.45) is 5.10 Å². The number of carbonyl (C=O) groups excluding carboxylic acids is 2. The third-order valence-electron chi connectivity index (χ3n) is 4.88. The van der Waals surface area contributed by atoms with Gasteiger partial charge in [-0.25, -0.2) is 5.01 Å². The van der Waals surface area contributed by atoms with E-state index in [0.29, 0.717) is 18.6 Å². The third-order valence-corrected chi connectivity index (χ3v) is 4.88. The summed E-state index contributed by atoms with van der Waals surface area (Å²) in [5.41, 5.74) is 2.23. The smallest absolute Gasteiger partial charge is 0.270 e. The zero-order chi connectivity index (χ0) is 17.1. The third kappa shape index (κ3) is 3.33. The molecule has 1 aromatic rings. The summed E-state index contributed by atoms with van der Waals surface area (Å²) in [5.74, 6) is -0.0719. The van der Waals surface area contributed by atoms with E-state index in [1.54, 1.807) is 0 Å². The molecule has 2 amide bonds. The maximum Gasteiger partial charge on any atom is 0.270 e. The molecule has 1 N–H and O–H groups in total. The molecule has 1 aromatic carbocycles. The van der Waals surface area contributed by atoms with Gasteiger partial charge in [0.2, 0.25) is 5.91 Å². The Hall–Kier alpha value is -2.21. The van der Waals surface area contributed by atoms with Crippen LogP contribution in [0.3, 0.4) is 0 Å². The molecule has 1 fully saturated rings. The van der Waals surface area contributed by atoms with Crippen molar-refractivity contribution in [1.29, 1.82) is 0 Å². The minimum absolute atomic E-state index is 0.0174. The Morgan fingerprint density at radius 1 is 1.21 bits per heavy atom. The van der Waals surface area contributed by atoms with E-state index in [-0.39, 0.29) is 11.8 Å². The number of piperazine rings is 1. The van der Waals surface area contributed by atoms with Gasteiger partial charge in [0.25, 0.3) is 5.91 Å². The molecule has 3 rings (SSSR count). The maximum atomic E-state index is 12.8. The molecule has 0 saturated carbocycles. The first-order chi connectivity index (χ1) is 11.6. The summed E-state index contributed by atoms with van der Waals surface area (Å²) >= 11 is 0. The average Bonchev–Trinajstić information content (AvgIpc) is 2.62. The maximum absolute atomic E-state index is 12.8. The number of hydrazone groups is 1. The van der Waals surface area contributed by atoms with Gasteiger partial charge in [-0.15, -0.1) is 0 Å². The first-order valence-electron chi connectivity index (χ1n) is 8.69. The van der Waals surface area contributed by atoms with E-state index < -0.39 is 0 Å². The van der Waals surface area contributed by atoms with Crippen molar-refractivity contribution < 1.29 is 14.5 Å². The number of carbonyl (C=O) groups is 2. The lowest BCUT2D eigenvalue weighted by molar-refractivity contribution is -0.902. The van der Waals surface area contributed by atoms with Crippen molar-refractivity contribution in [1.82, 2.24) is 4.90 Å². The van der Waals surface area contributed by atoms with Crippen LogP contribution in [0.4, 0.5) is 5.69 Å². The normalized spacial score (nSPS) is 19.4. The quantitative estimate of drug-likeness (QED) is 0.863. The van der Waals surface area contributed by atoms with Crippen LogP contribution in [-0.2, 0) is 9.59 Å². The SMILES string of the molecule is CC[NH+]1CCN(C(=O)C2=NN(c3ccccc3C)C(=O)CC2)CC1. The fourth-order valence-corrected chi connectivity index (χ4v) is 3.26. The Bertz CT molecular complexity index is 663. The Morgan fingerprint density at radius 3 is 2.58 bits per heavy atom. The number of nitrogens with zero attached hydrogens (tertiary/aromatic N) is 3. The second-order valence-electron chi connectivity index (χ2n) is 6.43. The van der Waals surface area contributed by atoms with E-state index in [1.807, 2.05) is 36.1 Å². The van der Waals surface area contributed by atoms with Crippen LogP contribution < -0.4 is 9.91 Å². The Morgan fingerprint density at radius 2 is 1.92 bits per heavy atom. The van der Waals surface area contributed by atoms with Crippen LogP contribution in [0.2, 0.25) is 0 Å². The number of para-hydroxylation sites is 1. The van der Waals surface area contributed by atoms with Crippen LogP contribution in [0, 0.1) is 6.92 Å². The van der Waals surface area contributed by atoms with Gasteiger partial charge < -0.3 is 9.80 Å². The highest BCUT2D eigenvalue weighted by atomic mass is 16.2. The highest BCUT2D eigenvalue weighted by molar-refractivity contribution is 6.40. The largest absolute Gasteiger partial charge is 0.332 e. The van der Waals surface area contributed by atoms with Crippen LogP contribution >= 0.6 is 0 Å². The van der Waals surface area contributed by atoms with Gasteiger partial charge in [0.15, 0.2) is 0 Å². The van der Waals surface area contributed by atoms with Crippen LogP contribution in [0.15, 0.2) is 29.4 Å². The van der Waals surface area contributed by atoms with Crippen LogP contribution in [0.5, 0.6) is 0 Å². The van der Waals surface area contributed by atoms with E-state index in [0.717, 1.165) is 44.0 Å². The van der Waals surface area contributed by atoms with Crippen LogP contribution in [-0.4, -0.2) is 55.1 Å². The molecular formula is C18H25N4O2+. The highest BCUT2D eigenvalue weighted by Gasteiger charge is 2.31. The van der Waals surface area contributed by atoms with Crippen molar-refractivity contribution in [3.8, 4) is 0 Å². The second kappa shape index (κ2) is 7.13. The van der Waals surface area contributed by atoms with Crippen LogP contribution in [0.1, 0.15) is 25.3 Å². The lowest BCUT2D eigenvalue weighted by Gasteiger charge is -2.33. The van der Waals surface area contributed by atoms with Gasteiger partial charge in [-0.1, -0.05) is 18.2 Å². The molecule has 0 aromatic heterocycles. The van der Waals surface area contributed by atoms with E-state index >= 15 is 0 Å². The molecule has 6 nitrogen and oxygen atoms in total. The number of likely N-dealkylation sites (N-methyl/N-ethyl adjacent to an activating group) is 1. The summed E-state index contributed by atoms with van der Waals surface area (Å²) in [5, 5.41) is 5.81.